The van der Waals surface area contributed by atoms with Gasteiger partial charge in [-0.25, -0.2) is 4.79 Å². The van der Waals surface area contributed by atoms with Crippen LogP contribution < -0.4 is 0 Å². The van der Waals surface area contributed by atoms with Gasteiger partial charge >= 0.3 is 5.97 Å². The molecule has 3 nitrogen and oxygen atoms in total. The normalized spacial score (nSPS) is 21.7. The van der Waals surface area contributed by atoms with Crippen molar-refractivity contribution in [2.45, 2.75) is 25.9 Å². The van der Waals surface area contributed by atoms with E-state index in [-0.39, 0.29) is 0 Å². The number of ether oxygens (including phenoxy) is 1. The molecule has 0 bridgehead atoms. The fraction of sp³-hybridized carbons (Fsp3) is 0.444. The van der Waals surface area contributed by atoms with Gasteiger partial charge in [0.05, 0.1) is 16.2 Å². The number of aliphatic hydroxyl groups is 1. The smallest absolute Gasteiger partial charge is 0.343 e. The molecule has 0 spiro atoms. The summed E-state index contributed by atoms with van der Waals surface area (Å²) in [5.41, 5.74) is 0.328. The van der Waals surface area contributed by atoms with Crippen LogP contribution in [-0.4, -0.2) is 17.2 Å². The van der Waals surface area contributed by atoms with E-state index >= 15 is 0 Å². The third-order valence-corrected chi connectivity index (χ3v) is 3.25. The zero-order chi connectivity index (χ0) is 10.7. The van der Waals surface area contributed by atoms with Crippen LogP contribution in [0.15, 0.2) is 19.9 Å². The van der Waals surface area contributed by atoms with Gasteiger partial charge in [-0.3, -0.25) is 0 Å². The Bertz CT molecular complexity index is 309. The molecule has 0 fully saturated rings. The average molecular weight is 373 g/mol. The summed E-state index contributed by atoms with van der Waals surface area (Å²) in [7, 11) is 0. The van der Waals surface area contributed by atoms with E-state index in [1.54, 1.807) is 4.08 Å². The molecule has 0 aromatic rings. The van der Waals surface area contributed by atoms with Crippen LogP contribution in [0.2, 0.25) is 0 Å². The van der Waals surface area contributed by atoms with E-state index in [0.717, 1.165) is 6.42 Å². The van der Waals surface area contributed by atoms with Crippen LogP contribution >= 0.6 is 38.5 Å². The van der Waals surface area contributed by atoms with Gasteiger partial charge < -0.3 is 9.84 Å². The Labute approximate surface area is 104 Å². The van der Waals surface area contributed by atoms with E-state index in [9.17, 15) is 9.90 Å². The number of rotatable bonds is 3. The van der Waals surface area contributed by atoms with Gasteiger partial charge in [-0.2, -0.15) is 0 Å². The molecular weight excluding hydrogens is 363 g/mol. The number of halogens is 2. The topological polar surface area (TPSA) is 46.5 Å². The van der Waals surface area contributed by atoms with Crippen molar-refractivity contribution in [3.63, 3.8) is 0 Å². The lowest BCUT2D eigenvalue weighted by molar-refractivity contribution is -0.134. The van der Waals surface area contributed by atoms with Gasteiger partial charge in [-0.15, -0.1) is 0 Å². The highest BCUT2D eigenvalue weighted by Gasteiger charge is 2.32. The molecule has 1 rings (SSSR count). The Morgan fingerprint density at radius 1 is 1.71 bits per heavy atom. The molecular formula is C9H10BrIO3. The summed E-state index contributed by atoms with van der Waals surface area (Å²) >= 11 is 5.23. The molecule has 1 aliphatic rings. The lowest BCUT2D eigenvalue weighted by atomic mass is 10.1. The summed E-state index contributed by atoms with van der Waals surface area (Å²) in [5, 5.41) is 9.68. The van der Waals surface area contributed by atoms with Crippen molar-refractivity contribution in [1.29, 1.82) is 0 Å². The van der Waals surface area contributed by atoms with E-state index in [2.05, 4.69) is 15.9 Å². The number of aliphatic hydroxyl groups excluding tert-OH is 1. The maximum atomic E-state index is 11.4. The van der Waals surface area contributed by atoms with E-state index in [1.165, 1.54) is 0 Å². The SMILES string of the molecule is CCC[C@@H](O)C1=C(Br)/C(=C/I)OC1=O. The molecule has 0 saturated carbocycles. The predicted octanol–water partition coefficient (Wildman–Crippen LogP) is 2.63. The highest BCUT2D eigenvalue weighted by molar-refractivity contribution is 14.1. The third kappa shape index (κ3) is 2.38. The van der Waals surface area contributed by atoms with E-state index in [0.29, 0.717) is 22.2 Å². The number of cyclic esters (lactones) is 1. The Kier molecular flexibility index (Phi) is 4.59. The lowest BCUT2D eigenvalue weighted by Gasteiger charge is -2.07. The minimum absolute atomic E-state index is 0.328. The predicted molar refractivity (Wildman–Crippen MR) is 65.1 cm³/mol. The second-order valence-corrected chi connectivity index (χ2v) is 4.31. The molecule has 0 unspecified atom stereocenters. The number of hydrogen-bond donors (Lipinski definition) is 1. The van der Waals surface area contributed by atoms with Gasteiger partial charge in [0.1, 0.15) is 0 Å². The summed E-state index contributed by atoms with van der Waals surface area (Å²) < 4.78 is 7.16. The number of carbonyl (C=O) groups excluding carboxylic acids is 1. The first-order valence-electron chi connectivity index (χ1n) is 4.22. The lowest BCUT2D eigenvalue weighted by Crippen LogP contribution is -2.15. The second-order valence-electron chi connectivity index (χ2n) is 2.90. The van der Waals surface area contributed by atoms with Crippen molar-refractivity contribution in [2.75, 3.05) is 0 Å². The highest BCUT2D eigenvalue weighted by atomic mass is 127. The first kappa shape index (κ1) is 12.2. The maximum Gasteiger partial charge on any atom is 0.343 e. The molecule has 0 amide bonds. The Morgan fingerprint density at radius 3 is 2.79 bits per heavy atom. The van der Waals surface area contributed by atoms with Crippen molar-refractivity contribution >= 4 is 44.5 Å². The van der Waals surface area contributed by atoms with Crippen molar-refractivity contribution in [2.24, 2.45) is 0 Å². The molecule has 0 radical (unpaired) electrons. The van der Waals surface area contributed by atoms with E-state index in [4.69, 9.17) is 4.74 Å². The van der Waals surface area contributed by atoms with E-state index in [1.807, 2.05) is 29.5 Å². The van der Waals surface area contributed by atoms with Crippen LogP contribution in [0.1, 0.15) is 19.8 Å². The van der Waals surface area contributed by atoms with Crippen LogP contribution in [0, 0.1) is 0 Å². The monoisotopic (exact) mass is 372 g/mol. The van der Waals surface area contributed by atoms with Gasteiger partial charge in [0, 0.05) is 4.08 Å². The fourth-order valence-corrected chi connectivity index (χ4v) is 2.68. The molecule has 0 saturated heterocycles. The van der Waals surface area contributed by atoms with E-state index < -0.39 is 12.1 Å². The molecule has 1 atom stereocenters. The number of hydrogen-bond acceptors (Lipinski definition) is 3. The van der Waals surface area contributed by atoms with Crippen LogP contribution in [0.4, 0.5) is 0 Å². The minimum Gasteiger partial charge on any atom is -0.421 e. The molecule has 1 N–H and O–H groups in total. The Morgan fingerprint density at radius 2 is 2.36 bits per heavy atom. The van der Waals surface area contributed by atoms with Gasteiger partial charge in [-0.05, 0) is 44.9 Å². The molecule has 5 heteroatoms. The van der Waals surface area contributed by atoms with Crippen LogP contribution in [0.5, 0.6) is 0 Å². The Hall–Kier alpha value is 0.120. The van der Waals surface area contributed by atoms with Gasteiger partial charge in [0.2, 0.25) is 0 Å². The summed E-state index contributed by atoms with van der Waals surface area (Å²) in [6, 6.07) is 0. The number of carbonyl (C=O) groups is 1. The van der Waals surface area contributed by atoms with Crippen molar-refractivity contribution in [1.82, 2.24) is 0 Å². The Balaban J connectivity index is 2.95. The first-order chi connectivity index (χ1) is 6.61. The maximum absolute atomic E-state index is 11.4. The summed E-state index contributed by atoms with van der Waals surface area (Å²) in [6.07, 6.45) is 0.644. The standard InChI is InChI=1S/C9H10BrIO3/c1-2-3-5(12)7-8(10)6(4-11)14-9(7)13/h4-5,12H,2-3H2,1H3/b6-4-/t5-/m1/s1. The van der Waals surface area contributed by atoms with Crippen molar-refractivity contribution in [3.8, 4) is 0 Å². The molecule has 0 aromatic carbocycles. The molecule has 1 heterocycles. The quantitative estimate of drug-likeness (QED) is 0.612. The summed E-state index contributed by atoms with van der Waals surface area (Å²) in [6.45, 7) is 1.95. The zero-order valence-corrected chi connectivity index (χ0v) is 11.3. The second kappa shape index (κ2) is 5.27. The van der Waals surface area contributed by atoms with Crippen LogP contribution in [0.3, 0.4) is 0 Å². The average Bonchev–Trinajstić information content (AvgIpc) is 2.41. The zero-order valence-electron chi connectivity index (χ0n) is 7.59. The van der Waals surface area contributed by atoms with Crippen molar-refractivity contribution < 1.29 is 14.6 Å². The molecule has 1 aliphatic heterocycles. The van der Waals surface area contributed by atoms with Crippen LogP contribution in [0.25, 0.3) is 0 Å². The molecule has 14 heavy (non-hydrogen) atoms. The van der Waals surface area contributed by atoms with Crippen molar-refractivity contribution in [3.05, 3.63) is 19.9 Å². The molecule has 0 aliphatic carbocycles. The fourth-order valence-electron chi connectivity index (χ4n) is 1.19. The summed E-state index contributed by atoms with van der Waals surface area (Å²) in [5.74, 6) is 0.0153. The largest absolute Gasteiger partial charge is 0.421 e. The van der Waals surface area contributed by atoms with Gasteiger partial charge in [0.25, 0.3) is 0 Å². The third-order valence-electron chi connectivity index (χ3n) is 1.87. The number of esters is 1. The summed E-state index contributed by atoms with van der Waals surface area (Å²) in [4.78, 5) is 11.4. The number of allylic oxidation sites excluding steroid dienone is 1. The minimum atomic E-state index is -0.740. The van der Waals surface area contributed by atoms with Gasteiger partial charge in [-0.1, -0.05) is 13.3 Å². The molecule has 78 valence electrons. The molecule has 0 aromatic heterocycles. The van der Waals surface area contributed by atoms with Crippen LogP contribution in [-0.2, 0) is 9.53 Å². The highest BCUT2D eigenvalue weighted by Crippen LogP contribution is 2.34. The first-order valence-corrected chi connectivity index (χ1v) is 6.26. The van der Waals surface area contributed by atoms with Gasteiger partial charge in [0.15, 0.2) is 5.76 Å².